The first-order valence-corrected chi connectivity index (χ1v) is 6.09. The fraction of sp³-hybridized carbons (Fsp3) is 0.833. The van der Waals surface area contributed by atoms with Crippen LogP contribution in [0.25, 0.3) is 0 Å². The molecule has 1 aliphatic rings. The average Bonchev–Trinajstić information content (AvgIpc) is 2.13. The molecule has 3 N–H and O–H groups in total. The predicted molar refractivity (Wildman–Crippen MR) is 64.1 cm³/mol. The van der Waals surface area contributed by atoms with Crippen molar-refractivity contribution in [3.05, 3.63) is 0 Å². The Kier molecular flexibility index (Phi) is 4.56. The number of aliphatic hydroxyl groups is 1. The van der Waals surface area contributed by atoms with Crippen LogP contribution in [-0.4, -0.2) is 40.0 Å². The summed E-state index contributed by atoms with van der Waals surface area (Å²) >= 11 is 0. The SMILES string of the molecule is CC(C)(C)OC(=O)N[C@@H]1C[C@H](O)CC[C@@H]1C(=O)O. The molecule has 18 heavy (non-hydrogen) atoms. The first kappa shape index (κ1) is 14.8. The number of amides is 1. The monoisotopic (exact) mass is 259 g/mol. The molecule has 0 radical (unpaired) electrons. The second kappa shape index (κ2) is 5.56. The van der Waals surface area contributed by atoms with Crippen LogP contribution in [0.2, 0.25) is 0 Å². The summed E-state index contributed by atoms with van der Waals surface area (Å²) in [4.78, 5) is 22.7. The maximum absolute atomic E-state index is 11.6. The zero-order valence-electron chi connectivity index (χ0n) is 11.0. The smallest absolute Gasteiger partial charge is 0.407 e. The number of alkyl carbamates (subject to hydrolysis) is 1. The predicted octanol–water partition coefficient (Wildman–Crippen LogP) is 1.13. The second-order valence-electron chi connectivity index (χ2n) is 5.66. The van der Waals surface area contributed by atoms with E-state index in [0.29, 0.717) is 12.8 Å². The topological polar surface area (TPSA) is 95.9 Å². The summed E-state index contributed by atoms with van der Waals surface area (Å²) in [5.74, 6) is -1.62. The van der Waals surface area contributed by atoms with Crippen LogP contribution in [0.3, 0.4) is 0 Å². The Labute approximate surface area is 106 Å². The summed E-state index contributed by atoms with van der Waals surface area (Å²) < 4.78 is 5.08. The number of aliphatic hydroxyl groups excluding tert-OH is 1. The van der Waals surface area contributed by atoms with E-state index in [1.165, 1.54) is 0 Å². The zero-order chi connectivity index (χ0) is 13.9. The molecule has 1 saturated carbocycles. The number of carboxylic acid groups (broad SMARTS) is 1. The Morgan fingerprint density at radius 3 is 2.39 bits per heavy atom. The number of carbonyl (C=O) groups excluding carboxylic acids is 1. The van der Waals surface area contributed by atoms with E-state index in [4.69, 9.17) is 9.84 Å². The molecular formula is C12H21NO5. The molecular weight excluding hydrogens is 238 g/mol. The van der Waals surface area contributed by atoms with Crippen molar-refractivity contribution in [1.29, 1.82) is 0 Å². The van der Waals surface area contributed by atoms with Gasteiger partial charge in [-0.25, -0.2) is 4.79 Å². The average molecular weight is 259 g/mol. The Bertz CT molecular complexity index is 323. The number of rotatable bonds is 2. The van der Waals surface area contributed by atoms with Gasteiger partial charge in [-0.05, 0) is 40.0 Å². The molecule has 0 bridgehead atoms. The molecule has 104 valence electrons. The molecule has 3 atom stereocenters. The van der Waals surface area contributed by atoms with Crippen LogP contribution in [0.1, 0.15) is 40.0 Å². The van der Waals surface area contributed by atoms with E-state index in [0.717, 1.165) is 0 Å². The van der Waals surface area contributed by atoms with Gasteiger partial charge in [-0.3, -0.25) is 4.79 Å². The van der Waals surface area contributed by atoms with Crippen LogP contribution in [0.5, 0.6) is 0 Å². The van der Waals surface area contributed by atoms with E-state index in [1.807, 2.05) is 0 Å². The summed E-state index contributed by atoms with van der Waals surface area (Å²) in [6, 6.07) is -0.582. The van der Waals surface area contributed by atoms with Gasteiger partial charge in [0.05, 0.1) is 12.0 Å². The number of nitrogens with one attached hydrogen (secondary N) is 1. The largest absolute Gasteiger partial charge is 0.481 e. The van der Waals surface area contributed by atoms with E-state index in [-0.39, 0.29) is 6.42 Å². The maximum Gasteiger partial charge on any atom is 0.407 e. The van der Waals surface area contributed by atoms with Gasteiger partial charge in [0.15, 0.2) is 0 Å². The fourth-order valence-corrected chi connectivity index (χ4v) is 2.06. The number of ether oxygens (including phenoxy) is 1. The molecule has 6 heteroatoms. The normalized spacial score (nSPS) is 28.6. The summed E-state index contributed by atoms with van der Waals surface area (Å²) in [6.45, 7) is 5.20. The Morgan fingerprint density at radius 1 is 1.28 bits per heavy atom. The highest BCUT2D eigenvalue weighted by Crippen LogP contribution is 2.25. The summed E-state index contributed by atoms with van der Waals surface area (Å²) in [7, 11) is 0. The minimum atomic E-state index is -0.956. The van der Waals surface area contributed by atoms with Gasteiger partial charge in [-0.15, -0.1) is 0 Å². The van der Waals surface area contributed by atoms with Gasteiger partial charge >= 0.3 is 12.1 Å². The molecule has 0 aliphatic heterocycles. The van der Waals surface area contributed by atoms with Crippen molar-refractivity contribution in [3.8, 4) is 0 Å². The molecule has 0 saturated heterocycles. The van der Waals surface area contributed by atoms with E-state index >= 15 is 0 Å². The molecule has 1 aliphatic carbocycles. The number of carboxylic acids is 1. The Morgan fingerprint density at radius 2 is 1.89 bits per heavy atom. The van der Waals surface area contributed by atoms with Crippen LogP contribution in [0.4, 0.5) is 4.79 Å². The molecule has 1 fully saturated rings. The van der Waals surface area contributed by atoms with Crippen molar-refractivity contribution in [2.24, 2.45) is 5.92 Å². The van der Waals surface area contributed by atoms with Crippen LogP contribution in [-0.2, 0) is 9.53 Å². The highest BCUT2D eigenvalue weighted by Gasteiger charge is 2.36. The molecule has 1 rings (SSSR count). The third-order valence-corrected chi connectivity index (χ3v) is 2.84. The number of carbonyl (C=O) groups is 2. The van der Waals surface area contributed by atoms with Crippen LogP contribution in [0.15, 0.2) is 0 Å². The fourth-order valence-electron chi connectivity index (χ4n) is 2.06. The maximum atomic E-state index is 11.6. The van der Waals surface area contributed by atoms with E-state index in [9.17, 15) is 14.7 Å². The first-order chi connectivity index (χ1) is 8.19. The van der Waals surface area contributed by atoms with Crippen molar-refractivity contribution in [1.82, 2.24) is 5.32 Å². The quantitative estimate of drug-likeness (QED) is 0.690. The summed E-state index contributed by atoms with van der Waals surface area (Å²) in [6.07, 6.45) is -0.162. The number of aliphatic carboxylic acids is 1. The molecule has 0 aromatic heterocycles. The van der Waals surface area contributed by atoms with Gasteiger partial charge < -0.3 is 20.3 Å². The highest BCUT2D eigenvalue weighted by atomic mass is 16.6. The highest BCUT2D eigenvalue weighted by molar-refractivity contribution is 5.73. The first-order valence-electron chi connectivity index (χ1n) is 6.09. The lowest BCUT2D eigenvalue weighted by molar-refractivity contribution is -0.144. The number of hydrogen-bond donors (Lipinski definition) is 3. The van der Waals surface area contributed by atoms with E-state index in [1.54, 1.807) is 20.8 Å². The van der Waals surface area contributed by atoms with Crippen LogP contribution >= 0.6 is 0 Å². The minimum absolute atomic E-state index is 0.246. The molecule has 0 unspecified atom stereocenters. The summed E-state index contributed by atoms with van der Waals surface area (Å²) in [5.41, 5.74) is -0.629. The van der Waals surface area contributed by atoms with Crippen LogP contribution < -0.4 is 5.32 Å². The van der Waals surface area contributed by atoms with Crippen molar-refractivity contribution in [2.45, 2.75) is 57.8 Å². The van der Waals surface area contributed by atoms with E-state index < -0.39 is 35.7 Å². The standard InChI is InChI=1S/C12H21NO5/c1-12(2,3)18-11(17)13-9-6-7(14)4-5-8(9)10(15)16/h7-9,14H,4-6H2,1-3H3,(H,13,17)(H,15,16)/t7-,8+,9-/m1/s1. The van der Waals surface area contributed by atoms with Gasteiger partial charge in [0, 0.05) is 6.04 Å². The minimum Gasteiger partial charge on any atom is -0.481 e. The van der Waals surface area contributed by atoms with Gasteiger partial charge in [0.2, 0.25) is 0 Å². The Hall–Kier alpha value is -1.30. The zero-order valence-corrected chi connectivity index (χ0v) is 11.0. The van der Waals surface area contributed by atoms with Crippen molar-refractivity contribution in [3.63, 3.8) is 0 Å². The molecule has 6 nitrogen and oxygen atoms in total. The van der Waals surface area contributed by atoms with Crippen molar-refractivity contribution < 1.29 is 24.5 Å². The Balaban J connectivity index is 2.61. The number of hydrogen-bond acceptors (Lipinski definition) is 4. The van der Waals surface area contributed by atoms with Crippen molar-refractivity contribution in [2.75, 3.05) is 0 Å². The lowest BCUT2D eigenvalue weighted by Crippen LogP contribution is -2.49. The molecule has 0 aromatic rings. The second-order valence-corrected chi connectivity index (χ2v) is 5.66. The van der Waals surface area contributed by atoms with Gasteiger partial charge in [0.25, 0.3) is 0 Å². The van der Waals surface area contributed by atoms with Gasteiger partial charge in [-0.1, -0.05) is 0 Å². The lowest BCUT2D eigenvalue weighted by atomic mass is 9.83. The van der Waals surface area contributed by atoms with Gasteiger partial charge in [0.1, 0.15) is 5.60 Å². The third kappa shape index (κ3) is 4.52. The molecule has 0 aromatic carbocycles. The summed E-state index contributed by atoms with van der Waals surface area (Å²) in [5, 5.41) is 21.1. The molecule has 0 heterocycles. The van der Waals surface area contributed by atoms with E-state index in [2.05, 4.69) is 5.32 Å². The molecule has 1 amide bonds. The van der Waals surface area contributed by atoms with Gasteiger partial charge in [-0.2, -0.15) is 0 Å². The van der Waals surface area contributed by atoms with Crippen LogP contribution in [0, 0.1) is 5.92 Å². The van der Waals surface area contributed by atoms with Crippen molar-refractivity contribution >= 4 is 12.1 Å². The molecule has 0 spiro atoms. The third-order valence-electron chi connectivity index (χ3n) is 2.84. The lowest BCUT2D eigenvalue weighted by Gasteiger charge is -2.32.